The average Bonchev–Trinajstić information content (AvgIpc) is 1.90. The molecule has 0 spiro atoms. The van der Waals surface area contributed by atoms with Gasteiger partial charge in [-0.15, -0.1) is 11.8 Å². The summed E-state index contributed by atoms with van der Waals surface area (Å²) in [4.78, 5) is 10.2. The van der Waals surface area contributed by atoms with Crippen LogP contribution in [0.3, 0.4) is 0 Å². The van der Waals surface area contributed by atoms with Crippen LogP contribution in [0.1, 0.15) is 0 Å². The summed E-state index contributed by atoms with van der Waals surface area (Å²) >= 11 is 3.18. The van der Waals surface area contributed by atoms with Gasteiger partial charge >= 0.3 is 5.97 Å². The van der Waals surface area contributed by atoms with E-state index in [-0.39, 0.29) is 5.25 Å². The maximum Gasteiger partial charge on any atom is 0.369 e. The van der Waals surface area contributed by atoms with E-state index in [9.17, 15) is 9.90 Å². The van der Waals surface area contributed by atoms with Gasteiger partial charge < -0.3 is 0 Å². The Bertz CT molecular complexity index is 110. The lowest BCUT2D eigenvalue weighted by molar-refractivity contribution is -0.141. The van der Waals surface area contributed by atoms with Gasteiger partial charge in [0.25, 0.3) is 0 Å². The van der Waals surface area contributed by atoms with Crippen LogP contribution >= 0.6 is 23.5 Å². The second-order valence-corrected chi connectivity index (χ2v) is 4.21. The van der Waals surface area contributed by atoms with E-state index >= 15 is 0 Å². The standard InChI is InChI=1S/C5H7O2S2/c6-5(7)4-3-8-1-2-9-4/h4H,1-3H2. The van der Waals surface area contributed by atoms with Gasteiger partial charge in [0.05, 0.1) is 0 Å². The molecule has 1 heterocycles. The van der Waals surface area contributed by atoms with Gasteiger partial charge in [0.1, 0.15) is 5.25 Å². The Labute approximate surface area is 62.4 Å². The quantitative estimate of drug-likeness (QED) is 0.573. The molecule has 1 fully saturated rings. The molecule has 4 heteroatoms. The molecule has 1 atom stereocenters. The van der Waals surface area contributed by atoms with E-state index in [4.69, 9.17) is 0 Å². The Hall–Kier alpha value is 0.170. The predicted octanol–water partition coefficient (Wildman–Crippen LogP) is 0.792. The van der Waals surface area contributed by atoms with Crippen molar-refractivity contribution in [3.63, 3.8) is 0 Å². The van der Waals surface area contributed by atoms with Crippen molar-refractivity contribution < 1.29 is 9.90 Å². The lowest BCUT2D eigenvalue weighted by Crippen LogP contribution is -2.22. The molecule has 1 aliphatic rings. The molecule has 0 aromatic rings. The molecule has 1 rings (SSSR count). The molecule has 51 valence electrons. The van der Waals surface area contributed by atoms with Crippen molar-refractivity contribution in [3.05, 3.63) is 0 Å². The normalized spacial score (nSPS) is 27.8. The lowest BCUT2D eigenvalue weighted by atomic mass is 10.5. The minimum absolute atomic E-state index is 0.260. The van der Waals surface area contributed by atoms with E-state index in [1.807, 2.05) is 0 Å². The number of thioether (sulfide) groups is 2. The first-order chi connectivity index (χ1) is 4.30. The minimum Gasteiger partial charge on any atom is -0.246 e. The number of rotatable bonds is 1. The van der Waals surface area contributed by atoms with Crippen molar-refractivity contribution in [2.45, 2.75) is 5.25 Å². The molecule has 1 aliphatic heterocycles. The summed E-state index contributed by atoms with van der Waals surface area (Å²) in [7, 11) is 0. The van der Waals surface area contributed by atoms with Crippen LogP contribution < -0.4 is 0 Å². The SMILES string of the molecule is [O]C(=O)C1CSCCS1. The maximum absolute atomic E-state index is 10.2. The zero-order chi connectivity index (χ0) is 6.69. The zero-order valence-corrected chi connectivity index (χ0v) is 6.46. The van der Waals surface area contributed by atoms with Crippen LogP contribution in [0.2, 0.25) is 0 Å². The topological polar surface area (TPSA) is 37.0 Å². The van der Waals surface area contributed by atoms with Gasteiger partial charge in [-0.05, 0) is 0 Å². The third-order valence-electron chi connectivity index (χ3n) is 1.08. The smallest absolute Gasteiger partial charge is 0.246 e. The van der Waals surface area contributed by atoms with Crippen molar-refractivity contribution in [3.8, 4) is 0 Å². The summed E-state index contributed by atoms with van der Waals surface area (Å²) in [5.74, 6) is 1.83. The highest BCUT2D eigenvalue weighted by molar-refractivity contribution is 8.07. The number of hydrogen-bond donors (Lipinski definition) is 0. The van der Waals surface area contributed by atoms with E-state index in [0.29, 0.717) is 5.75 Å². The Balaban J connectivity index is 2.31. The second kappa shape index (κ2) is 3.37. The minimum atomic E-state index is -0.910. The molecule has 0 aromatic carbocycles. The number of carbonyl (C=O) groups excluding carboxylic acids is 1. The van der Waals surface area contributed by atoms with Gasteiger partial charge in [-0.2, -0.15) is 11.8 Å². The van der Waals surface area contributed by atoms with E-state index in [0.717, 1.165) is 11.5 Å². The molecule has 0 aliphatic carbocycles. The van der Waals surface area contributed by atoms with Crippen LogP contribution in [-0.4, -0.2) is 28.5 Å². The number of hydrogen-bond acceptors (Lipinski definition) is 3. The highest BCUT2D eigenvalue weighted by Gasteiger charge is 2.22. The first-order valence-electron chi connectivity index (χ1n) is 2.71. The Kier molecular flexibility index (Phi) is 2.72. The molecule has 0 bridgehead atoms. The van der Waals surface area contributed by atoms with Crippen molar-refractivity contribution >= 4 is 29.5 Å². The lowest BCUT2D eigenvalue weighted by Gasteiger charge is -2.14. The molecule has 1 radical (unpaired) electrons. The van der Waals surface area contributed by atoms with Gasteiger partial charge in [0.15, 0.2) is 0 Å². The van der Waals surface area contributed by atoms with Crippen LogP contribution in [0.25, 0.3) is 0 Å². The summed E-state index contributed by atoms with van der Waals surface area (Å²) in [6.45, 7) is 0. The van der Waals surface area contributed by atoms with Gasteiger partial charge in [-0.1, -0.05) is 0 Å². The molecule has 1 unspecified atom stereocenters. The monoisotopic (exact) mass is 163 g/mol. The summed E-state index contributed by atoms with van der Waals surface area (Å²) < 4.78 is 0. The zero-order valence-electron chi connectivity index (χ0n) is 4.83. The first-order valence-corrected chi connectivity index (χ1v) is 4.91. The molecule has 0 amide bonds. The van der Waals surface area contributed by atoms with E-state index in [2.05, 4.69) is 0 Å². The Morgan fingerprint density at radius 1 is 1.44 bits per heavy atom. The van der Waals surface area contributed by atoms with Crippen molar-refractivity contribution in [1.82, 2.24) is 0 Å². The maximum atomic E-state index is 10.2. The predicted molar refractivity (Wildman–Crippen MR) is 39.3 cm³/mol. The molecular formula is C5H7O2S2. The van der Waals surface area contributed by atoms with Gasteiger partial charge in [-0.3, -0.25) is 0 Å². The van der Waals surface area contributed by atoms with E-state index in [1.165, 1.54) is 11.8 Å². The molecule has 0 aromatic heterocycles. The van der Waals surface area contributed by atoms with Crippen LogP contribution in [-0.2, 0) is 9.90 Å². The van der Waals surface area contributed by atoms with E-state index in [1.54, 1.807) is 11.8 Å². The van der Waals surface area contributed by atoms with Gasteiger partial charge in [0, 0.05) is 17.3 Å². The van der Waals surface area contributed by atoms with Crippen molar-refractivity contribution in [1.29, 1.82) is 0 Å². The summed E-state index contributed by atoms with van der Waals surface area (Å²) in [6, 6.07) is 0. The molecule has 1 saturated heterocycles. The molecular weight excluding hydrogens is 156 g/mol. The van der Waals surface area contributed by atoms with Gasteiger partial charge in [-0.25, -0.2) is 9.90 Å². The Morgan fingerprint density at radius 3 is 2.56 bits per heavy atom. The molecule has 9 heavy (non-hydrogen) atoms. The second-order valence-electron chi connectivity index (χ2n) is 1.75. The largest absolute Gasteiger partial charge is 0.369 e. The first kappa shape index (κ1) is 7.28. The van der Waals surface area contributed by atoms with Crippen LogP contribution in [0, 0.1) is 0 Å². The summed E-state index contributed by atoms with van der Waals surface area (Å²) in [5, 5.41) is 9.95. The summed E-state index contributed by atoms with van der Waals surface area (Å²) in [5.41, 5.74) is 0. The van der Waals surface area contributed by atoms with Gasteiger partial charge in [0.2, 0.25) is 0 Å². The van der Waals surface area contributed by atoms with Crippen LogP contribution in [0.4, 0.5) is 0 Å². The molecule has 0 N–H and O–H groups in total. The third kappa shape index (κ3) is 2.10. The van der Waals surface area contributed by atoms with E-state index < -0.39 is 5.97 Å². The van der Waals surface area contributed by atoms with Crippen LogP contribution in [0.15, 0.2) is 0 Å². The Morgan fingerprint density at radius 2 is 2.22 bits per heavy atom. The average molecular weight is 163 g/mol. The van der Waals surface area contributed by atoms with Crippen molar-refractivity contribution in [2.24, 2.45) is 0 Å². The fourth-order valence-corrected chi connectivity index (χ4v) is 3.09. The third-order valence-corrected chi connectivity index (χ3v) is 3.81. The summed E-state index contributed by atoms with van der Waals surface area (Å²) in [6.07, 6.45) is 0. The highest BCUT2D eigenvalue weighted by Crippen LogP contribution is 2.23. The highest BCUT2D eigenvalue weighted by atomic mass is 32.2. The molecule has 2 nitrogen and oxygen atoms in total. The molecule has 0 saturated carbocycles. The number of carbonyl (C=O) groups is 1. The fraction of sp³-hybridized carbons (Fsp3) is 0.800. The van der Waals surface area contributed by atoms with Crippen molar-refractivity contribution in [2.75, 3.05) is 17.3 Å². The fourth-order valence-electron chi connectivity index (χ4n) is 0.624. The van der Waals surface area contributed by atoms with Crippen LogP contribution in [0.5, 0.6) is 0 Å².